The lowest BCUT2D eigenvalue weighted by Gasteiger charge is -2.18. The Balaban J connectivity index is 2.30. The van der Waals surface area contributed by atoms with Gasteiger partial charge in [-0.2, -0.15) is 5.10 Å². The predicted molar refractivity (Wildman–Crippen MR) is 90.1 cm³/mol. The van der Waals surface area contributed by atoms with Crippen molar-refractivity contribution < 1.29 is 4.74 Å². The molecule has 1 heterocycles. The van der Waals surface area contributed by atoms with E-state index in [-0.39, 0.29) is 6.04 Å². The molecule has 0 aliphatic carbocycles. The summed E-state index contributed by atoms with van der Waals surface area (Å²) in [6.45, 7) is 9.34. The second-order valence-corrected chi connectivity index (χ2v) is 5.97. The standard InChI is InChI=1S/C16H22BrN3O/c1-6-20-12(4)16(11(3)19-20)10(2)18-15-9-13(21-5)7-8-14(15)17/h7-10,18H,6H2,1-5H3. The van der Waals surface area contributed by atoms with E-state index in [0.29, 0.717) is 0 Å². The van der Waals surface area contributed by atoms with Gasteiger partial charge in [0.25, 0.3) is 0 Å². The summed E-state index contributed by atoms with van der Waals surface area (Å²) in [5.41, 5.74) is 4.57. The summed E-state index contributed by atoms with van der Waals surface area (Å²) in [4.78, 5) is 0. The Morgan fingerprint density at radius 2 is 2.10 bits per heavy atom. The third-order valence-electron chi connectivity index (χ3n) is 3.72. The van der Waals surface area contributed by atoms with Crippen molar-refractivity contribution in [2.45, 2.75) is 40.3 Å². The van der Waals surface area contributed by atoms with E-state index in [9.17, 15) is 0 Å². The summed E-state index contributed by atoms with van der Waals surface area (Å²) in [6, 6.07) is 6.10. The van der Waals surface area contributed by atoms with Crippen molar-refractivity contribution >= 4 is 21.6 Å². The predicted octanol–water partition coefficient (Wildman–Crippen LogP) is 4.46. The highest BCUT2D eigenvalue weighted by molar-refractivity contribution is 9.10. The van der Waals surface area contributed by atoms with Crippen LogP contribution in [0.25, 0.3) is 0 Å². The summed E-state index contributed by atoms with van der Waals surface area (Å²) in [5.74, 6) is 0.839. The maximum absolute atomic E-state index is 5.29. The maximum Gasteiger partial charge on any atom is 0.121 e. The molecule has 0 spiro atoms. The smallest absolute Gasteiger partial charge is 0.121 e. The lowest BCUT2D eigenvalue weighted by atomic mass is 10.1. The molecule has 0 amide bonds. The molecule has 0 aliphatic rings. The molecule has 0 saturated carbocycles. The van der Waals surface area contributed by atoms with E-state index >= 15 is 0 Å². The van der Waals surface area contributed by atoms with Gasteiger partial charge in [-0.15, -0.1) is 0 Å². The highest BCUT2D eigenvalue weighted by atomic mass is 79.9. The number of ether oxygens (including phenoxy) is 1. The summed E-state index contributed by atoms with van der Waals surface area (Å²) in [6.07, 6.45) is 0. The number of nitrogens with zero attached hydrogens (tertiary/aromatic N) is 2. The van der Waals surface area contributed by atoms with Crippen LogP contribution in [0.4, 0.5) is 5.69 Å². The Bertz CT molecular complexity index is 637. The van der Waals surface area contributed by atoms with Crippen molar-refractivity contribution in [3.05, 3.63) is 39.6 Å². The Hall–Kier alpha value is -1.49. The molecule has 5 heteroatoms. The molecule has 21 heavy (non-hydrogen) atoms. The van der Waals surface area contributed by atoms with Gasteiger partial charge in [-0.25, -0.2) is 0 Å². The molecule has 1 unspecified atom stereocenters. The molecule has 2 rings (SSSR count). The van der Waals surface area contributed by atoms with Crippen LogP contribution >= 0.6 is 15.9 Å². The van der Waals surface area contributed by atoms with Gasteiger partial charge in [-0.1, -0.05) is 0 Å². The summed E-state index contributed by atoms with van der Waals surface area (Å²) >= 11 is 3.58. The SMILES string of the molecule is CCn1nc(C)c(C(C)Nc2cc(OC)ccc2Br)c1C. The molecule has 0 fully saturated rings. The van der Waals surface area contributed by atoms with E-state index in [2.05, 4.69) is 54.0 Å². The van der Waals surface area contributed by atoms with Gasteiger partial charge in [0.2, 0.25) is 0 Å². The zero-order valence-electron chi connectivity index (χ0n) is 13.2. The molecule has 1 aromatic heterocycles. The van der Waals surface area contributed by atoms with Gasteiger partial charge >= 0.3 is 0 Å². The number of methoxy groups -OCH3 is 1. The van der Waals surface area contributed by atoms with Gasteiger partial charge in [0.1, 0.15) is 5.75 Å². The van der Waals surface area contributed by atoms with E-state index < -0.39 is 0 Å². The molecule has 0 bridgehead atoms. The number of benzene rings is 1. The first-order chi connectivity index (χ1) is 9.97. The second-order valence-electron chi connectivity index (χ2n) is 5.11. The first-order valence-corrected chi connectivity index (χ1v) is 7.91. The zero-order valence-corrected chi connectivity index (χ0v) is 14.8. The van der Waals surface area contributed by atoms with Gasteiger partial charge in [-0.3, -0.25) is 4.68 Å². The molecule has 0 aliphatic heterocycles. The molecule has 1 N–H and O–H groups in total. The Labute approximate surface area is 134 Å². The molecule has 1 aromatic carbocycles. The molecule has 0 radical (unpaired) electrons. The van der Waals surface area contributed by atoms with E-state index in [1.165, 1.54) is 11.3 Å². The Kier molecular flexibility index (Phi) is 4.93. The van der Waals surface area contributed by atoms with Gasteiger partial charge in [0, 0.05) is 28.3 Å². The minimum atomic E-state index is 0.175. The van der Waals surface area contributed by atoms with E-state index in [1.807, 2.05) is 22.9 Å². The maximum atomic E-state index is 5.29. The summed E-state index contributed by atoms with van der Waals surface area (Å²) < 4.78 is 8.36. The summed E-state index contributed by atoms with van der Waals surface area (Å²) in [5, 5.41) is 8.13. The van der Waals surface area contributed by atoms with Crippen LogP contribution in [0.1, 0.15) is 36.8 Å². The number of rotatable bonds is 5. The monoisotopic (exact) mass is 351 g/mol. The van der Waals surface area contributed by atoms with Crippen LogP contribution in [0.2, 0.25) is 0 Å². The van der Waals surface area contributed by atoms with Crippen LogP contribution in [0.5, 0.6) is 5.75 Å². The fourth-order valence-corrected chi connectivity index (χ4v) is 3.05. The van der Waals surface area contributed by atoms with Crippen LogP contribution in [-0.4, -0.2) is 16.9 Å². The van der Waals surface area contributed by atoms with Crippen molar-refractivity contribution in [3.63, 3.8) is 0 Å². The third kappa shape index (κ3) is 3.23. The van der Waals surface area contributed by atoms with Gasteiger partial charge in [-0.05, 0) is 55.8 Å². The minimum Gasteiger partial charge on any atom is -0.497 e. The molecule has 4 nitrogen and oxygen atoms in total. The highest BCUT2D eigenvalue weighted by Gasteiger charge is 2.17. The van der Waals surface area contributed by atoms with Crippen molar-refractivity contribution in [3.8, 4) is 5.75 Å². The van der Waals surface area contributed by atoms with Crippen LogP contribution in [0.3, 0.4) is 0 Å². The first kappa shape index (κ1) is 15.9. The van der Waals surface area contributed by atoms with Crippen molar-refractivity contribution in [1.29, 1.82) is 0 Å². The van der Waals surface area contributed by atoms with Gasteiger partial charge in [0.15, 0.2) is 0 Å². The lowest BCUT2D eigenvalue weighted by Crippen LogP contribution is -2.10. The number of hydrogen-bond donors (Lipinski definition) is 1. The Morgan fingerprint density at radius 1 is 1.38 bits per heavy atom. The van der Waals surface area contributed by atoms with Gasteiger partial charge in [0.05, 0.1) is 24.5 Å². The normalized spacial score (nSPS) is 12.3. The average molecular weight is 352 g/mol. The molecular formula is C16H22BrN3O. The minimum absolute atomic E-state index is 0.175. The first-order valence-electron chi connectivity index (χ1n) is 7.11. The van der Waals surface area contributed by atoms with Crippen molar-refractivity contribution in [2.75, 3.05) is 12.4 Å². The number of hydrogen-bond acceptors (Lipinski definition) is 3. The fraction of sp³-hybridized carbons (Fsp3) is 0.438. The Morgan fingerprint density at radius 3 is 2.67 bits per heavy atom. The second kappa shape index (κ2) is 6.52. The number of halogens is 1. The highest BCUT2D eigenvalue weighted by Crippen LogP contribution is 2.31. The van der Waals surface area contributed by atoms with Crippen LogP contribution in [-0.2, 0) is 6.54 Å². The number of aryl methyl sites for hydroxylation is 2. The molecule has 0 saturated heterocycles. The molecule has 1 atom stereocenters. The quantitative estimate of drug-likeness (QED) is 0.863. The van der Waals surface area contributed by atoms with Crippen molar-refractivity contribution in [2.24, 2.45) is 0 Å². The topological polar surface area (TPSA) is 39.1 Å². The van der Waals surface area contributed by atoms with Crippen LogP contribution < -0.4 is 10.1 Å². The van der Waals surface area contributed by atoms with E-state index in [1.54, 1.807) is 7.11 Å². The fourth-order valence-electron chi connectivity index (χ4n) is 2.69. The summed E-state index contributed by atoms with van der Waals surface area (Å²) in [7, 11) is 1.68. The molecular weight excluding hydrogens is 330 g/mol. The largest absolute Gasteiger partial charge is 0.497 e. The van der Waals surface area contributed by atoms with E-state index in [4.69, 9.17) is 4.74 Å². The van der Waals surface area contributed by atoms with E-state index in [0.717, 1.165) is 28.1 Å². The lowest BCUT2D eigenvalue weighted by molar-refractivity contribution is 0.415. The van der Waals surface area contributed by atoms with Crippen LogP contribution in [0, 0.1) is 13.8 Å². The molecule has 114 valence electrons. The third-order valence-corrected chi connectivity index (χ3v) is 4.41. The number of aromatic nitrogens is 2. The average Bonchev–Trinajstić information content (AvgIpc) is 2.75. The molecule has 2 aromatic rings. The number of nitrogens with one attached hydrogen (secondary N) is 1. The van der Waals surface area contributed by atoms with Crippen molar-refractivity contribution in [1.82, 2.24) is 9.78 Å². The van der Waals surface area contributed by atoms with Gasteiger partial charge < -0.3 is 10.1 Å². The van der Waals surface area contributed by atoms with Crippen LogP contribution in [0.15, 0.2) is 22.7 Å². The number of anilines is 1. The zero-order chi connectivity index (χ0) is 15.6.